The van der Waals surface area contributed by atoms with Crippen molar-refractivity contribution >= 4 is 46.1 Å². The van der Waals surface area contributed by atoms with Crippen LogP contribution in [0, 0.1) is 12.7 Å². The molecular formula is C22H19ClFN3O3S. The van der Waals surface area contributed by atoms with Gasteiger partial charge in [-0.05, 0) is 49.7 Å². The first-order valence-corrected chi connectivity index (χ1v) is 10.9. The van der Waals surface area contributed by atoms with Crippen LogP contribution in [0.1, 0.15) is 18.4 Å². The van der Waals surface area contributed by atoms with Crippen molar-refractivity contribution in [2.75, 3.05) is 16.8 Å². The maximum Gasteiger partial charge on any atom is 0.268 e. The third kappa shape index (κ3) is 4.40. The van der Waals surface area contributed by atoms with E-state index in [2.05, 4.69) is 10.3 Å². The third-order valence-electron chi connectivity index (χ3n) is 4.85. The normalized spacial score (nSPS) is 15.4. The van der Waals surface area contributed by atoms with Crippen LogP contribution in [0.3, 0.4) is 0 Å². The zero-order chi connectivity index (χ0) is 22.1. The van der Waals surface area contributed by atoms with Crippen LogP contribution in [-0.2, 0) is 9.59 Å². The molecule has 1 unspecified atom stereocenters. The molecule has 9 heteroatoms. The van der Waals surface area contributed by atoms with Gasteiger partial charge in [-0.1, -0.05) is 18.5 Å². The van der Waals surface area contributed by atoms with Crippen molar-refractivity contribution in [2.45, 2.75) is 26.4 Å². The van der Waals surface area contributed by atoms with Gasteiger partial charge in [-0.2, -0.15) is 0 Å². The summed E-state index contributed by atoms with van der Waals surface area (Å²) in [5.41, 5.74) is 2.46. The van der Waals surface area contributed by atoms with Crippen LogP contribution in [-0.4, -0.2) is 29.4 Å². The van der Waals surface area contributed by atoms with Crippen molar-refractivity contribution in [3.05, 3.63) is 57.6 Å². The molecule has 1 aliphatic rings. The van der Waals surface area contributed by atoms with Crippen molar-refractivity contribution in [3.8, 4) is 17.0 Å². The summed E-state index contributed by atoms with van der Waals surface area (Å²) in [6, 6.07) is 9.37. The Labute approximate surface area is 187 Å². The maximum atomic E-state index is 13.4. The summed E-state index contributed by atoms with van der Waals surface area (Å²) in [5, 5.41) is 5.43. The lowest BCUT2D eigenvalue weighted by molar-refractivity contribution is -0.128. The molecule has 2 aromatic carbocycles. The molecule has 1 N–H and O–H groups in total. The summed E-state index contributed by atoms with van der Waals surface area (Å²) >= 11 is 7.31. The van der Waals surface area contributed by atoms with Gasteiger partial charge in [0.1, 0.15) is 18.1 Å². The molecule has 0 saturated carbocycles. The zero-order valence-electron chi connectivity index (χ0n) is 16.8. The number of aromatic nitrogens is 1. The molecule has 1 atom stereocenters. The molecule has 0 spiro atoms. The second-order valence-corrected chi connectivity index (χ2v) is 8.52. The third-order valence-corrected chi connectivity index (χ3v) is 5.91. The van der Waals surface area contributed by atoms with Gasteiger partial charge >= 0.3 is 0 Å². The van der Waals surface area contributed by atoms with Crippen LogP contribution >= 0.6 is 22.9 Å². The molecule has 0 aliphatic carbocycles. The van der Waals surface area contributed by atoms with E-state index >= 15 is 0 Å². The summed E-state index contributed by atoms with van der Waals surface area (Å²) in [6.07, 6.45) is -0.204. The van der Waals surface area contributed by atoms with E-state index in [-0.39, 0.29) is 17.5 Å². The Hall–Kier alpha value is -2.97. The highest BCUT2D eigenvalue weighted by molar-refractivity contribution is 7.09. The Morgan fingerprint density at radius 1 is 1.32 bits per heavy atom. The molecule has 160 valence electrons. The highest BCUT2D eigenvalue weighted by atomic mass is 35.5. The number of aryl methyl sites for hydroxylation is 1. The number of hydrogen-bond acceptors (Lipinski definition) is 5. The number of benzene rings is 2. The Morgan fingerprint density at radius 2 is 2.13 bits per heavy atom. The molecule has 4 rings (SSSR count). The van der Waals surface area contributed by atoms with E-state index in [1.54, 1.807) is 12.1 Å². The van der Waals surface area contributed by atoms with E-state index in [0.29, 0.717) is 23.5 Å². The van der Waals surface area contributed by atoms with E-state index in [4.69, 9.17) is 16.3 Å². The summed E-state index contributed by atoms with van der Waals surface area (Å²) < 4.78 is 19.2. The van der Waals surface area contributed by atoms with E-state index < -0.39 is 17.8 Å². The first kappa shape index (κ1) is 21.3. The number of halogens is 2. The number of hydrogen-bond donors (Lipinski definition) is 1. The maximum absolute atomic E-state index is 13.4. The van der Waals surface area contributed by atoms with Gasteiger partial charge in [-0.25, -0.2) is 9.37 Å². The van der Waals surface area contributed by atoms with Gasteiger partial charge in [0, 0.05) is 16.6 Å². The molecule has 31 heavy (non-hydrogen) atoms. The van der Waals surface area contributed by atoms with Gasteiger partial charge in [0.2, 0.25) is 5.91 Å². The van der Waals surface area contributed by atoms with Crippen molar-refractivity contribution in [1.82, 2.24) is 4.98 Å². The summed E-state index contributed by atoms with van der Waals surface area (Å²) in [7, 11) is 0. The molecular weight excluding hydrogens is 441 g/mol. The number of anilines is 2. The van der Waals surface area contributed by atoms with Crippen LogP contribution < -0.4 is 15.0 Å². The zero-order valence-corrected chi connectivity index (χ0v) is 18.4. The SMILES string of the molecule is CCC1Oc2ccc(-c3csc(C)n3)cc2N(CC(=O)Nc2ccc(F)c(Cl)c2)C1=O. The number of carbonyl (C=O) groups excluding carboxylic acids is 2. The number of carbonyl (C=O) groups is 2. The van der Waals surface area contributed by atoms with Crippen LogP contribution in [0.25, 0.3) is 11.3 Å². The summed E-state index contributed by atoms with van der Waals surface area (Å²) in [5.74, 6) is -0.783. The van der Waals surface area contributed by atoms with Crippen LogP contribution in [0.4, 0.5) is 15.8 Å². The average Bonchev–Trinajstić information content (AvgIpc) is 3.18. The fourth-order valence-electron chi connectivity index (χ4n) is 3.32. The predicted octanol–water partition coefficient (Wildman–Crippen LogP) is 5.05. The van der Waals surface area contributed by atoms with E-state index in [1.165, 1.54) is 34.4 Å². The van der Waals surface area contributed by atoms with Crippen molar-refractivity contribution in [3.63, 3.8) is 0 Å². The minimum atomic E-state index is -0.673. The largest absolute Gasteiger partial charge is 0.478 e. The lowest BCUT2D eigenvalue weighted by Crippen LogP contribution is -2.48. The Balaban J connectivity index is 1.63. The van der Waals surface area contributed by atoms with Crippen molar-refractivity contribution in [2.24, 2.45) is 0 Å². The molecule has 1 aromatic heterocycles. The smallest absolute Gasteiger partial charge is 0.268 e. The summed E-state index contributed by atoms with van der Waals surface area (Å²) in [4.78, 5) is 31.6. The molecule has 0 fully saturated rings. The first-order valence-electron chi connectivity index (χ1n) is 9.65. The second kappa shape index (κ2) is 8.64. The van der Waals surface area contributed by atoms with Gasteiger partial charge in [0.25, 0.3) is 5.91 Å². The highest BCUT2D eigenvalue weighted by Gasteiger charge is 2.34. The van der Waals surface area contributed by atoms with E-state index in [0.717, 1.165) is 16.3 Å². The molecule has 1 aliphatic heterocycles. The number of rotatable bonds is 5. The molecule has 3 aromatic rings. The minimum Gasteiger partial charge on any atom is -0.478 e. The topological polar surface area (TPSA) is 71.5 Å². The lowest BCUT2D eigenvalue weighted by Gasteiger charge is -2.34. The average molecular weight is 460 g/mol. The molecule has 0 saturated heterocycles. The molecule has 0 bridgehead atoms. The monoisotopic (exact) mass is 459 g/mol. The first-order chi connectivity index (χ1) is 14.9. The molecule has 2 amide bonds. The van der Waals surface area contributed by atoms with Gasteiger partial charge in [0.15, 0.2) is 6.10 Å². The quantitative estimate of drug-likeness (QED) is 0.579. The fourth-order valence-corrected chi connectivity index (χ4v) is 4.12. The van der Waals surface area contributed by atoms with Gasteiger partial charge in [-0.3, -0.25) is 14.5 Å². The number of amides is 2. The van der Waals surface area contributed by atoms with Crippen LogP contribution in [0.5, 0.6) is 5.75 Å². The van der Waals surface area contributed by atoms with Gasteiger partial charge < -0.3 is 10.1 Å². The standard InChI is InChI=1S/C22H19ClFN3O3S/c1-3-19-22(29)27(10-21(28)26-14-5-6-16(24)15(23)9-14)18-8-13(4-7-20(18)30-19)17-11-31-12(2)25-17/h4-9,11,19H,3,10H2,1-2H3,(H,26,28). The van der Waals surface area contributed by atoms with E-state index in [9.17, 15) is 14.0 Å². The molecule has 6 nitrogen and oxygen atoms in total. The minimum absolute atomic E-state index is 0.0974. The molecule has 2 heterocycles. The Morgan fingerprint density at radius 3 is 2.81 bits per heavy atom. The number of ether oxygens (including phenoxy) is 1. The highest BCUT2D eigenvalue weighted by Crippen LogP contribution is 2.38. The number of nitrogens with zero attached hydrogens (tertiary/aromatic N) is 2. The Kier molecular flexibility index (Phi) is 5.93. The van der Waals surface area contributed by atoms with Crippen molar-refractivity contribution in [1.29, 1.82) is 0 Å². The molecule has 0 radical (unpaired) electrons. The number of nitrogens with one attached hydrogen (secondary N) is 1. The number of fused-ring (bicyclic) bond motifs is 1. The number of thiazole rings is 1. The van der Waals surface area contributed by atoms with Gasteiger partial charge in [0.05, 0.1) is 21.4 Å². The van der Waals surface area contributed by atoms with Crippen LogP contribution in [0.15, 0.2) is 41.8 Å². The second-order valence-electron chi connectivity index (χ2n) is 7.05. The Bertz CT molecular complexity index is 1170. The lowest BCUT2D eigenvalue weighted by atomic mass is 10.1. The van der Waals surface area contributed by atoms with Crippen LogP contribution in [0.2, 0.25) is 5.02 Å². The van der Waals surface area contributed by atoms with Gasteiger partial charge in [-0.15, -0.1) is 11.3 Å². The summed E-state index contributed by atoms with van der Waals surface area (Å²) in [6.45, 7) is 3.54. The predicted molar refractivity (Wildman–Crippen MR) is 119 cm³/mol. The fraction of sp³-hybridized carbons (Fsp3) is 0.227. The van der Waals surface area contributed by atoms with E-state index in [1.807, 2.05) is 25.3 Å². The van der Waals surface area contributed by atoms with Crippen molar-refractivity contribution < 1.29 is 18.7 Å².